The molecule has 1 amide bonds. The van der Waals surface area contributed by atoms with Gasteiger partial charge in [0, 0.05) is 19.5 Å². The van der Waals surface area contributed by atoms with Gasteiger partial charge in [-0.1, -0.05) is 41.9 Å². The van der Waals surface area contributed by atoms with Crippen molar-refractivity contribution >= 4 is 40.6 Å². The maximum atomic E-state index is 12.2. The Bertz CT molecular complexity index is 805. The van der Waals surface area contributed by atoms with Crippen molar-refractivity contribution in [2.75, 3.05) is 19.7 Å². The summed E-state index contributed by atoms with van der Waals surface area (Å²) >= 11 is 6.94. The topological polar surface area (TPSA) is 63.7 Å². The molecule has 1 atom stereocenters. The van der Waals surface area contributed by atoms with Crippen LogP contribution in [-0.4, -0.2) is 42.3 Å². The van der Waals surface area contributed by atoms with Gasteiger partial charge >= 0.3 is 5.97 Å². The Balaban J connectivity index is 1.46. The lowest BCUT2D eigenvalue weighted by atomic mass is 10.1. The molecule has 0 radical (unpaired) electrons. The third kappa shape index (κ3) is 4.71. The van der Waals surface area contributed by atoms with E-state index < -0.39 is 11.9 Å². The number of carbonyl (C=O) groups excluding carboxylic acids is 3. The molecule has 1 saturated heterocycles. The van der Waals surface area contributed by atoms with Crippen molar-refractivity contribution in [3.8, 4) is 0 Å². The van der Waals surface area contributed by atoms with Crippen LogP contribution in [0, 0.1) is 5.92 Å². The van der Waals surface area contributed by atoms with E-state index in [0.29, 0.717) is 22.3 Å². The average Bonchev–Trinajstić information content (AvgIpc) is 3.24. The number of benzene rings is 1. The van der Waals surface area contributed by atoms with Crippen LogP contribution in [0.25, 0.3) is 0 Å². The first kappa shape index (κ1) is 18.6. The van der Waals surface area contributed by atoms with Crippen molar-refractivity contribution in [1.29, 1.82) is 0 Å². The molecule has 1 aromatic carbocycles. The number of ether oxygens (including phenoxy) is 1. The average molecular weight is 392 g/mol. The molecule has 7 heteroatoms. The summed E-state index contributed by atoms with van der Waals surface area (Å²) in [5, 5.41) is 0. The standard InChI is InChI=1S/C19H18ClNO4S/c20-17-7-6-16(26-17)15(22)12-25-19(24)14-10-18(23)21(11-14)9-8-13-4-2-1-3-5-13/h1-7,14H,8-12H2/t14-/m0/s1. The summed E-state index contributed by atoms with van der Waals surface area (Å²) in [5.74, 6) is -1.37. The van der Waals surface area contributed by atoms with E-state index in [0.717, 1.165) is 23.3 Å². The van der Waals surface area contributed by atoms with Gasteiger partial charge in [-0.05, 0) is 24.1 Å². The lowest BCUT2D eigenvalue weighted by Gasteiger charge is -2.16. The highest BCUT2D eigenvalue weighted by atomic mass is 35.5. The number of ketones is 1. The van der Waals surface area contributed by atoms with Gasteiger partial charge in [-0.15, -0.1) is 11.3 Å². The molecule has 0 spiro atoms. The number of hydrogen-bond acceptors (Lipinski definition) is 5. The van der Waals surface area contributed by atoms with Crippen LogP contribution in [0.2, 0.25) is 4.34 Å². The van der Waals surface area contributed by atoms with E-state index in [4.69, 9.17) is 16.3 Å². The molecule has 1 aromatic heterocycles. The van der Waals surface area contributed by atoms with E-state index >= 15 is 0 Å². The zero-order valence-corrected chi connectivity index (χ0v) is 15.6. The fourth-order valence-corrected chi connectivity index (χ4v) is 3.81. The van der Waals surface area contributed by atoms with E-state index in [1.54, 1.807) is 17.0 Å². The Labute approximate surface area is 160 Å². The van der Waals surface area contributed by atoms with Crippen molar-refractivity contribution < 1.29 is 19.1 Å². The predicted molar refractivity (Wildman–Crippen MR) is 99.5 cm³/mol. The largest absolute Gasteiger partial charge is 0.457 e. The highest BCUT2D eigenvalue weighted by Crippen LogP contribution is 2.23. The molecule has 0 saturated carbocycles. The normalized spacial score (nSPS) is 16.7. The molecular weight excluding hydrogens is 374 g/mol. The molecular formula is C19H18ClNO4S. The van der Waals surface area contributed by atoms with Crippen LogP contribution >= 0.6 is 22.9 Å². The molecule has 5 nitrogen and oxygen atoms in total. The smallest absolute Gasteiger partial charge is 0.311 e. The minimum absolute atomic E-state index is 0.0563. The summed E-state index contributed by atoms with van der Waals surface area (Å²) in [6, 6.07) is 13.1. The number of rotatable bonds is 7. The van der Waals surface area contributed by atoms with Gasteiger partial charge in [0.2, 0.25) is 11.7 Å². The predicted octanol–water partition coefficient (Wildman–Crippen LogP) is 3.22. The molecule has 1 fully saturated rings. The molecule has 26 heavy (non-hydrogen) atoms. The number of Topliss-reactive ketones (excluding diaryl/α,β-unsaturated/α-hetero) is 1. The molecule has 2 aromatic rings. The first-order chi connectivity index (χ1) is 12.5. The quantitative estimate of drug-likeness (QED) is 0.537. The Hall–Kier alpha value is -2.18. The second-order valence-electron chi connectivity index (χ2n) is 6.11. The Morgan fingerprint density at radius 2 is 1.96 bits per heavy atom. The number of carbonyl (C=O) groups is 3. The number of esters is 1. The van der Waals surface area contributed by atoms with Gasteiger partial charge in [0.05, 0.1) is 15.1 Å². The maximum absolute atomic E-state index is 12.2. The number of hydrogen-bond donors (Lipinski definition) is 0. The second-order valence-corrected chi connectivity index (χ2v) is 7.83. The van der Waals surface area contributed by atoms with Crippen molar-refractivity contribution in [2.45, 2.75) is 12.8 Å². The van der Waals surface area contributed by atoms with Gasteiger partial charge in [0.25, 0.3) is 0 Å². The highest BCUT2D eigenvalue weighted by Gasteiger charge is 2.35. The molecule has 136 valence electrons. The van der Waals surface area contributed by atoms with E-state index in [2.05, 4.69) is 0 Å². The first-order valence-corrected chi connectivity index (χ1v) is 9.49. The van der Waals surface area contributed by atoms with Gasteiger partial charge in [-0.2, -0.15) is 0 Å². The molecule has 0 unspecified atom stereocenters. The highest BCUT2D eigenvalue weighted by molar-refractivity contribution is 7.18. The van der Waals surface area contributed by atoms with Crippen molar-refractivity contribution in [1.82, 2.24) is 4.90 Å². The van der Waals surface area contributed by atoms with Crippen LogP contribution in [0.15, 0.2) is 42.5 Å². The third-order valence-electron chi connectivity index (χ3n) is 4.25. The summed E-state index contributed by atoms with van der Waals surface area (Å²) in [5.41, 5.74) is 1.14. The summed E-state index contributed by atoms with van der Waals surface area (Å²) in [6.45, 7) is 0.577. The fourth-order valence-electron chi connectivity index (χ4n) is 2.84. The van der Waals surface area contributed by atoms with E-state index in [1.165, 1.54) is 0 Å². The Morgan fingerprint density at radius 3 is 2.65 bits per heavy atom. The minimum Gasteiger partial charge on any atom is -0.457 e. The van der Waals surface area contributed by atoms with Gasteiger partial charge in [0.1, 0.15) is 0 Å². The van der Waals surface area contributed by atoms with Crippen LogP contribution in [0.3, 0.4) is 0 Å². The van der Waals surface area contributed by atoms with E-state index in [9.17, 15) is 14.4 Å². The molecule has 0 N–H and O–H groups in total. The molecule has 1 aliphatic rings. The summed E-state index contributed by atoms with van der Waals surface area (Å²) < 4.78 is 5.62. The molecule has 2 heterocycles. The zero-order chi connectivity index (χ0) is 18.5. The number of amides is 1. The lowest BCUT2D eigenvalue weighted by molar-refractivity contribution is -0.147. The summed E-state index contributed by atoms with van der Waals surface area (Å²) in [7, 11) is 0. The monoisotopic (exact) mass is 391 g/mol. The van der Waals surface area contributed by atoms with Crippen LogP contribution in [0.5, 0.6) is 0 Å². The summed E-state index contributed by atoms with van der Waals surface area (Å²) in [4.78, 5) is 38.4. The van der Waals surface area contributed by atoms with E-state index in [1.807, 2.05) is 30.3 Å². The first-order valence-electron chi connectivity index (χ1n) is 8.30. The molecule has 0 aliphatic carbocycles. The van der Waals surface area contributed by atoms with Crippen LogP contribution < -0.4 is 0 Å². The van der Waals surface area contributed by atoms with E-state index in [-0.39, 0.29) is 24.7 Å². The van der Waals surface area contributed by atoms with Gasteiger partial charge in [-0.25, -0.2) is 0 Å². The van der Waals surface area contributed by atoms with Crippen LogP contribution in [0.4, 0.5) is 0 Å². The van der Waals surface area contributed by atoms with Crippen LogP contribution in [-0.2, 0) is 20.7 Å². The van der Waals surface area contributed by atoms with Crippen LogP contribution in [0.1, 0.15) is 21.7 Å². The fraction of sp³-hybridized carbons (Fsp3) is 0.316. The van der Waals surface area contributed by atoms with Gasteiger partial charge in [0.15, 0.2) is 6.61 Å². The summed E-state index contributed by atoms with van der Waals surface area (Å²) in [6.07, 6.45) is 0.874. The molecule has 1 aliphatic heterocycles. The number of nitrogens with zero attached hydrogens (tertiary/aromatic N) is 1. The number of likely N-dealkylation sites (tertiary alicyclic amines) is 1. The zero-order valence-electron chi connectivity index (χ0n) is 14.0. The van der Waals surface area contributed by atoms with Crippen molar-refractivity contribution in [3.05, 3.63) is 57.2 Å². The lowest BCUT2D eigenvalue weighted by Crippen LogP contribution is -2.29. The van der Waals surface area contributed by atoms with Crippen molar-refractivity contribution in [3.63, 3.8) is 0 Å². The SMILES string of the molecule is O=C(COC(=O)[C@H]1CC(=O)N(CCc2ccccc2)C1)c1ccc(Cl)s1. The maximum Gasteiger partial charge on any atom is 0.311 e. The Kier molecular flexibility index (Phi) is 6.06. The number of halogens is 1. The van der Waals surface area contributed by atoms with Crippen molar-refractivity contribution in [2.24, 2.45) is 5.92 Å². The van der Waals surface area contributed by atoms with Gasteiger partial charge < -0.3 is 9.64 Å². The molecule has 3 rings (SSSR count). The third-order valence-corrected chi connectivity index (χ3v) is 5.53. The second kappa shape index (κ2) is 8.47. The minimum atomic E-state index is -0.516. The van der Waals surface area contributed by atoms with Gasteiger partial charge in [-0.3, -0.25) is 14.4 Å². The Morgan fingerprint density at radius 1 is 1.19 bits per heavy atom. The number of thiophene rings is 1. The molecule has 0 bridgehead atoms.